The Morgan fingerprint density at radius 1 is 1.28 bits per heavy atom. The number of hydrogen-bond acceptors (Lipinski definition) is 4. The second-order valence-corrected chi connectivity index (χ2v) is 4.10. The minimum absolute atomic E-state index is 0.121. The molecule has 0 saturated heterocycles. The van der Waals surface area contributed by atoms with Crippen LogP contribution in [-0.2, 0) is 22.9 Å². The first kappa shape index (κ1) is 15.1. The van der Waals surface area contributed by atoms with Gasteiger partial charge in [-0.2, -0.15) is 0 Å². The highest BCUT2D eigenvalue weighted by atomic mass is 16.7. The smallest absolute Gasteiger partial charge is 0.173 e. The first-order valence-corrected chi connectivity index (χ1v) is 6.65. The van der Waals surface area contributed by atoms with Crippen molar-refractivity contribution in [2.24, 2.45) is 7.05 Å². The van der Waals surface area contributed by atoms with Crippen LogP contribution in [-0.4, -0.2) is 41.6 Å². The molecule has 0 bridgehead atoms. The maximum Gasteiger partial charge on any atom is 0.173 e. The van der Waals surface area contributed by atoms with Gasteiger partial charge in [-0.15, -0.1) is 0 Å². The molecule has 5 nitrogen and oxygen atoms in total. The van der Waals surface area contributed by atoms with Gasteiger partial charge in [0.2, 0.25) is 0 Å². The fourth-order valence-electron chi connectivity index (χ4n) is 1.93. The molecular weight excluding hydrogens is 230 g/mol. The summed E-state index contributed by atoms with van der Waals surface area (Å²) in [4.78, 5) is 4.35. The monoisotopic (exact) mass is 255 g/mol. The normalized spacial score (nSPS) is 13.2. The summed E-state index contributed by atoms with van der Waals surface area (Å²) in [5.41, 5.74) is 0. The van der Waals surface area contributed by atoms with Gasteiger partial charge in [-0.3, -0.25) is 0 Å². The summed E-state index contributed by atoms with van der Waals surface area (Å²) in [5, 5.41) is 3.41. The van der Waals surface area contributed by atoms with Crippen molar-refractivity contribution in [3.8, 4) is 0 Å². The Morgan fingerprint density at radius 3 is 2.39 bits per heavy atom. The third-order valence-corrected chi connectivity index (χ3v) is 2.78. The van der Waals surface area contributed by atoms with E-state index in [2.05, 4.69) is 17.2 Å². The van der Waals surface area contributed by atoms with Crippen molar-refractivity contribution >= 4 is 0 Å². The van der Waals surface area contributed by atoms with E-state index in [1.54, 1.807) is 0 Å². The standard InChI is InChI=1S/C13H25N3O2/c1-5-14-11(13(17-6-2)18-7-3)10-12-15-8-9-16(12)4/h8-9,11,13-14H,5-7,10H2,1-4H3. The summed E-state index contributed by atoms with van der Waals surface area (Å²) in [6.45, 7) is 8.22. The van der Waals surface area contributed by atoms with E-state index in [9.17, 15) is 0 Å². The summed E-state index contributed by atoms with van der Waals surface area (Å²) in [6, 6.07) is 0.121. The lowest BCUT2D eigenvalue weighted by molar-refractivity contribution is -0.153. The highest BCUT2D eigenvalue weighted by Gasteiger charge is 2.23. The zero-order valence-corrected chi connectivity index (χ0v) is 11.8. The number of nitrogens with zero attached hydrogens (tertiary/aromatic N) is 2. The molecule has 5 heteroatoms. The molecule has 18 heavy (non-hydrogen) atoms. The van der Waals surface area contributed by atoms with Crippen LogP contribution in [0.15, 0.2) is 12.4 Å². The van der Waals surface area contributed by atoms with Gasteiger partial charge in [-0.05, 0) is 20.4 Å². The van der Waals surface area contributed by atoms with E-state index in [1.807, 2.05) is 37.9 Å². The number of aryl methyl sites for hydroxylation is 1. The van der Waals surface area contributed by atoms with Gasteiger partial charge in [0.25, 0.3) is 0 Å². The number of hydrogen-bond donors (Lipinski definition) is 1. The predicted octanol–water partition coefficient (Wildman–Crippen LogP) is 1.34. The van der Waals surface area contributed by atoms with Crippen LogP contribution in [0, 0.1) is 0 Å². The zero-order valence-electron chi connectivity index (χ0n) is 11.8. The van der Waals surface area contributed by atoms with Crippen molar-refractivity contribution in [2.45, 2.75) is 39.5 Å². The van der Waals surface area contributed by atoms with Crippen LogP contribution < -0.4 is 5.32 Å². The highest BCUT2D eigenvalue weighted by molar-refractivity contribution is 4.95. The molecule has 1 unspecified atom stereocenters. The molecule has 1 rings (SSSR count). The van der Waals surface area contributed by atoms with Gasteiger partial charge >= 0.3 is 0 Å². The topological polar surface area (TPSA) is 48.3 Å². The molecule has 0 saturated carbocycles. The number of ether oxygens (including phenoxy) is 2. The molecule has 1 atom stereocenters. The first-order valence-electron chi connectivity index (χ1n) is 6.65. The van der Waals surface area contributed by atoms with Gasteiger partial charge in [0, 0.05) is 39.1 Å². The Labute approximate surface area is 109 Å². The Kier molecular flexibility index (Phi) is 6.93. The van der Waals surface area contributed by atoms with Crippen molar-refractivity contribution < 1.29 is 9.47 Å². The van der Waals surface area contributed by atoms with Gasteiger partial charge in [0.05, 0.1) is 6.04 Å². The largest absolute Gasteiger partial charge is 0.351 e. The molecule has 0 radical (unpaired) electrons. The number of nitrogens with one attached hydrogen (secondary N) is 1. The fourth-order valence-corrected chi connectivity index (χ4v) is 1.93. The lowest BCUT2D eigenvalue weighted by Gasteiger charge is -2.27. The fraction of sp³-hybridized carbons (Fsp3) is 0.769. The lowest BCUT2D eigenvalue weighted by atomic mass is 10.2. The van der Waals surface area contributed by atoms with E-state index in [-0.39, 0.29) is 12.3 Å². The van der Waals surface area contributed by atoms with Gasteiger partial charge in [-0.25, -0.2) is 4.98 Å². The Hall–Kier alpha value is -0.910. The van der Waals surface area contributed by atoms with Crippen LogP contribution in [0.4, 0.5) is 0 Å². The van der Waals surface area contributed by atoms with Crippen molar-refractivity contribution in [1.82, 2.24) is 14.9 Å². The lowest BCUT2D eigenvalue weighted by Crippen LogP contribution is -2.45. The second kappa shape index (κ2) is 8.24. The van der Waals surface area contributed by atoms with Crippen LogP contribution in [0.25, 0.3) is 0 Å². The Morgan fingerprint density at radius 2 is 1.94 bits per heavy atom. The highest BCUT2D eigenvalue weighted by Crippen LogP contribution is 2.08. The van der Waals surface area contributed by atoms with E-state index in [1.165, 1.54) is 0 Å². The minimum Gasteiger partial charge on any atom is -0.351 e. The maximum atomic E-state index is 5.66. The molecule has 0 aliphatic carbocycles. The average Bonchev–Trinajstić information content (AvgIpc) is 2.74. The molecule has 0 spiro atoms. The first-order chi connectivity index (χ1) is 8.72. The van der Waals surface area contributed by atoms with Crippen LogP contribution in [0.5, 0.6) is 0 Å². The summed E-state index contributed by atoms with van der Waals surface area (Å²) < 4.78 is 13.4. The number of aromatic nitrogens is 2. The summed E-state index contributed by atoms with van der Waals surface area (Å²) in [5.74, 6) is 1.03. The number of rotatable bonds is 9. The van der Waals surface area contributed by atoms with Gasteiger partial charge in [-0.1, -0.05) is 6.92 Å². The molecular formula is C13H25N3O2. The summed E-state index contributed by atoms with van der Waals surface area (Å²) in [7, 11) is 2.00. The Bertz CT molecular complexity index is 322. The molecule has 0 aromatic carbocycles. The summed E-state index contributed by atoms with van der Waals surface area (Å²) in [6.07, 6.45) is 4.34. The molecule has 0 aliphatic heterocycles. The van der Waals surface area contributed by atoms with E-state index in [4.69, 9.17) is 9.47 Å². The van der Waals surface area contributed by atoms with E-state index in [0.29, 0.717) is 13.2 Å². The minimum atomic E-state index is -0.225. The third-order valence-electron chi connectivity index (χ3n) is 2.78. The molecule has 1 aromatic heterocycles. The third kappa shape index (κ3) is 4.40. The summed E-state index contributed by atoms with van der Waals surface area (Å²) >= 11 is 0. The average molecular weight is 255 g/mol. The van der Waals surface area contributed by atoms with Crippen molar-refractivity contribution in [3.05, 3.63) is 18.2 Å². The number of likely N-dealkylation sites (N-methyl/N-ethyl adjacent to an activating group) is 1. The van der Waals surface area contributed by atoms with Gasteiger partial charge in [0.15, 0.2) is 6.29 Å². The van der Waals surface area contributed by atoms with Crippen molar-refractivity contribution in [1.29, 1.82) is 0 Å². The van der Waals surface area contributed by atoms with Crippen LogP contribution in [0.3, 0.4) is 0 Å². The van der Waals surface area contributed by atoms with Crippen molar-refractivity contribution in [3.63, 3.8) is 0 Å². The Balaban J connectivity index is 2.69. The van der Waals surface area contributed by atoms with Crippen LogP contribution in [0.2, 0.25) is 0 Å². The quantitative estimate of drug-likeness (QED) is 0.677. The second-order valence-electron chi connectivity index (χ2n) is 4.10. The van der Waals surface area contributed by atoms with E-state index < -0.39 is 0 Å². The van der Waals surface area contributed by atoms with Gasteiger partial charge < -0.3 is 19.4 Å². The van der Waals surface area contributed by atoms with Crippen molar-refractivity contribution in [2.75, 3.05) is 19.8 Å². The molecule has 0 amide bonds. The molecule has 0 aliphatic rings. The molecule has 1 N–H and O–H groups in total. The van der Waals surface area contributed by atoms with Crippen LogP contribution >= 0.6 is 0 Å². The maximum absolute atomic E-state index is 5.66. The number of imidazole rings is 1. The SMILES string of the molecule is CCNC(Cc1nccn1C)C(OCC)OCC. The molecule has 104 valence electrons. The molecule has 1 heterocycles. The van der Waals surface area contributed by atoms with Crippen LogP contribution in [0.1, 0.15) is 26.6 Å². The van der Waals surface area contributed by atoms with Gasteiger partial charge in [0.1, 0.15) is 5.82 Å². The molecule has 0 fully saturated rings. The van der Waals surface area contributed by atoms with E-state index in [0.717, 1.165) is 18.8 Å². The predicted molar refractivity (Wildman–Crippen MR) is 71.4 cm³/mol. The molecule has 1 aromatic rings. The zero-order chi connectivity index (χ0) is 13.4. The van der Waals surface area contributed by atoms with E-state index >= 15 is 0 Å².